The molecule has 254 valence electrons. The van der Waals surface area contributed by atoms with Gasteiger partial charge in [0.15, 0.2) is 0 Å². The summed E-state index contributed by atoms with van der Waals surface area (Å²) in [5.74, 6) is 0.813. The number of hydrogen-bond acceptors (Lipinski definition) is 6. The highest BCUT2D eigenvalue weighted by Crippen LogP contribution is 2.18. The Labute approximate surface area is 271 Å². The Morgan fingerprint density at radius 2 is 1.14 bits per heavy atom. The third-order valence-electron chi connectivity index (χ3n) is 8.14. The summed E-state index contributed by atoms with van der Waals surface area (Å²) in [7, 11) is 4.08. The molecule has 0 atom stereocenters. The number of nitrogens with zero attached hydrogens (tertiary/aromatic N) is 2. The molecule has 0 N–H and O–H groups in total. The van der Waals surface area contributed by atoms with Gasteiger partial charge < -0.3 is 19.3 Å². The molecular weight excluding hydrogens is 556 g/mol. The van der Waals surface area contributed by atoms with E-state index in [4.69, 9.17) is 4.74 Å². The van der Waals surface area contributed by atoms with Crippen LogP contribution < -0.4 is 0 Å². The Bertz CT molecular complexity index is 633. The Kier molecular flexibility index (Phi) is 31.5. The highest BCUT2D eigenvalue weighted by atomic mass is 32.2. The molecule has 0 aromatic carbocycles. The van der Waals surface area contributed by atoms with Crippen molar-refractivity contribution in [2.45, 2.75) is 174 Å². The highest BCUT2D eigenvalue weighted by Gasteiger charge is 2.15. The van der Waals surface area contributed by atoms with Crippen molar-refractivity contribution in [3.63, 3.8) is 0 Å². The van der Waals surface area contributed by atoms with E-state index in [1.165, 1.54) is 76.0 Å². The lowest BCUT2D eigenvalue weighted by atomic mass is 10.0. The summed E-state index contributed by atoms with van der Waals surface area (Å²) < 4.78 is 5.97. The maximum Gasteiger partial charge on any atom is 0.306 e. The zero-order valence-corrected chi connectivity index (χ0v) is 29.7. The van der Waals surface area contributed by atoms with Crippen LogP contribution in [-0.4, -0.2) is 72.9 Å². The number of unbranched alkanes of at least 4 members (excludes halogenated alkanes) is 17. The molecule has 0 saturated carbocycles. The minimum absolute atomic E-state index is 0.00945. The van der Waals surface area contributed by atoms with Gasteiger partial charge in [-0.1, -0.05) is 116 Å². The molecule has 0 radical (unpaired) electrons. The maximum atomic E-state index is 12.9. The minimum atomic E-state index is -0.00945. The number of carbonyl (C=O) groups is 3. The monoisotopic (exact) mass is 627 g/mol. The van der Waals surface area contributed by atoms with Crippen molar-refractivity contribution in [2.24, 2.45) is 0 Å². The maximum absolute atomic E-state index is 12.9. The summed E-state index contributed by atoms with van der Waals surface area (Å²) in [6.45, 7) is 7.04. The normalized spacial score (nSPS) is 11.4. The van der Waals surface area contributed by atoms with Crippen molar-refractivity contribution in [1.29, 1.82) is 0 Å². The molecule has 0 aliphatic carbocycles. The highest BCUT2D eigenvalue weighted by molar-refractivity contribution is 8.13. The first-order valence-electron chi connectivity index (χ1n) is 18.1. The fraction of sp³-hybridized carbons (Fsp3) is 0.917. The second-order valence-electron chi connectivity index (χ2n) is 12.7. The second-order valence-corrected chi connectivity index (χ2v) is 13.7. The van der Waals surface area contributed by atoms with Crippen LogP contribution in [0.25, 0.3) is 0 Å². The van der Waals surface area contributed by atoms with Gasteiger partial charge in [0.05, 0.1) is 0 Å². The van der Waals surface area contributed by atoms with Crippen molar-refractivity contribution in [1.82, 2.24) is 9.80 Å². The van der Waals surface area contributed by atoms with Crippen LogP contribution in [0, 0.1) is 0 Å². The molecule has 0 rings (SSSR count). The molecule has 0 aliphatic rings. The lowest BCUT2D eigenvalue weighted by molar-refractivity contribution is -0.150. The first kappa shape index (κ1) is 41.9. The van der Waals surface area contributed by atoms with E-state index in [1.807, 2.05) is 19.0 Å². The summed E-state index contributed by atoms with van der Waals surface area (Å²) in [5, 5.41) is 0.204. The van der Waals surface area contributed by atoms with Crippen LogP contribution in [0.1, 0.15) is 168 Å². The molecule has 0 fully saturated rings. The van der Waals surface area contributed by atoms with Crippen molar-refractivity contribution in [3.05, 3.63) is 0 Å². The van der Waals surface area contributed by atoms with Crippen molar-refractivity contribution in [2.75, 3.05) is 39.5 Å². The molecular formula is C36H70N2O4S. The molecule has 43 heavy (non-hydrogen) atoms. The van der Waals surface area contributed by atoms with Gasteiger partial charge in [-0.2, -0.15) is 0 Å². The van der Waals surface area contributed by atoms with Gasteiger partial charge in [0.2, 0.25) is 0 Å². The van der Waals surface area contributed by atoms with E-state index in [-0.39, 0.29) is 17.3 Å². The van der Waals surface area contributed by atoms with Crippen molar-refractivity contribution < 1.29 is 19.1 Å². The van der Waals surface area contributed by atoms with E-state index in [0.717, 1.165) is 109 Å². The Morgan fingerprint density at radius 3 is 1.67 bits per heavy atom. The number of aldehydes is 1. The summed E-state index contributed by atoms with van der Waals surface area (Å²) >= 11 is 1.44. The molecule has 0 bridgehead atoms. The van der Waals surface area contributed by atoms with E-state index in [2.05, 4.69) is 18.7 Å². The van der Waals surface area contributed by atoms with Gasteiger partial charge in [0.25, 0.3) is 5.24 Å². The molecule has 0 aliphatic heterocycles. The zero-order chi connectivity index (χ0) is 31.8. The van der Waals surface area contributed by atoms with Gasteiger partial charge in [0.1, 0.15) is 12.4 Å². The number of thioether (sulfide) groups is 1. The topological polar surface area (TPSA) is 66.9 Å². The largest absolute Gasteiger partial charge is 0.462 e. The Morgan fingerprint density at radius 1 is 0.651 bits per heavy atom. The molecule has 0 heterocycles. The van der Waals surface area contributed by atoms with Gasteiger partial charge in [-0.05, 0) is 65.5 Å². The van der Waals surface area contributed by atoms with Crippen LogP contribution >= 0.6 is 11.8 Å². The fourth-order valence-electron chi connectivity index (χ4n) is 5.32. The predicted octanol–water partition coefficient (Wildman–Crippen LogP) is 10.2. The van der Waals surface area contributed by atoms with Gasteiger partial charge in [-0.25, -0.2) is 0 Å². The molecule has 1 amide bonds. The summed E-state index contributed by atoms with van der Waals surface area (Å²) in [6.07, 6.45) is 27.3. The van der Waals surface area contributed by atoms with Crippen LogP contribution in [0.3, 0.4) is 0 Å². The predicted molar refractivity (Wildman–Crippen MR) is 186 cm³/mol. The number of rotatable bonds is 32. The molecule has 0 aromatic rings. The number of amides is 1. The number of ether oxygens (including phenoxy) is 1. The number of hydrogen-bond donors (Lipinski definition) is 0. The van der Waals surface area contributed by atoms with Gasteiger partial charge >= 0.3 is 5.97 Å². The molecule has 0 unspecified atom stereocenters. The molecule has 7 heteroatoms. The average molecular weight is 627 g/mol. The fourth-order valence-corrected chi connectivity index (χ4v) is 6.32. The molecule has 0 saturated heterocycles. The standard InChI is InChI=1S/C36H70N2O4S/c1-5-7-9-14-20-26-34(27-21-15-10-8-6-2)42-35(40)28-22-16-13-18-24-30-38(36(41)43-33-31-37(3)4)29-23-17-11-12-19-25-32-39/h32,34H,5-31,33H2,1-4H3. The van der Waals surface area contributed by atoms with E-state index in [1.54, 1.807) is 0 Å². The average Bonchev–Trinajstić information content (AvgIpc) is 2.98. The van der Waals surface area contributed by atoms with Crippen LogP contribution in [-0.2, 0) is 14.3 Å². The lowest BCUT2D eigenvalue weighted by Gasteiger charge is -2.22. The molecule has 6 nitrogen and oxygen atoms in total. The van der Waals surface area contributed by atoms with Crippen LogP contribution in [0.2, 0.25) is 0 Å². The third-order valence-corrected chi connectivity index (χ3v) is 9.03. The second kappa shape index (κ2) is 32.3. The zero-order valence-electron chi connectivity index (χ0n) is 28.9. The van der Waals surface area contributed by atoms with Crippen LogP contribution in [0.5, 0.6) is 0 Å². The SMILES string of the molecule is CCCCCCCC(CCCCCCC)OC(=O)CCCCCCCN(CCCCCCCC=O)C(=O)SCCN(C)C. The Hall–Kier alpha value is -1.08. The van der Waals surface area contributed by atoms with E-state index >= 15 is 0 Å². The first-order chi connectivity index (χ1) is 20.9. The van der Waals surface area contributed by atoms with E-state index < -0.39 is 0 Å². The summed E-state index contributed by atoms with van der Waals surface area (Å²) in [4.78, 5) is 40.1. The Balaban J connectivity index is 4.32. The quantitative estimate of drug-likeness (QED) is 0.0420. The molecule has 0 spiro atoms. The number of carbonyl (C=O) groups excluding carboxylic acids is 3. The lowest BCUT2D eigenvalue weighted by Crippen LogP contribution is -2.30. The van der Waals surface area contributed by atoms with Crippen LogP contribution in [0.4, 0.5) is 4.79 Å². The van der Waals surface area contributed by atoms with E-state index in [9.17, 15) is 14.4 Å². The minimum Gasteiger partial charge on any atom is -0.462 e. The van der Waals surface area contributed by atoms with Gasteiger partial charge in [-0.3, -0.25) is 9.59 Å². The third kappa shape index (κ3) is 29.4. The van der Waals surface area contributed by atoms with Crippen molar-refractivity contribution >= 4 is 29.3 Å². The van der Waals surface area contributed by atoms with E-state index in [0.29, 0.717) is 12.8 Å². The smallest absolute Gasteiger partial charge is 0.306 e. The summed E-state index contributed by atoms with van der Waals surface area (Å²) in [6, 6.07) is 0. The van der Waals surface area contributed by atoms with Crippen molar-refractivity contribution in [3.8, 4) is 0 Å². The van der Waals surface area contributed by atoms with Gasteiger partial charge in [-0.15, -0.1) is 0 Å². The molecule has 0 aromatic heterocycles. The van der Waals surface area contributed by atoms with Crippen LogP contribution in [0.15, 0.2) is 0 Å². The number of esters is 1. The summed E-state index contributed by atoms with van der Waals surface area (Å²) in [5.41, 5.74) is 0. The first-order valence-corrected chi connectivity index (χ1v) is 19.1. The van der Waals surface area contributed by atoms with Gasteiger partial charge in [0, 0.05) is 38.2 Å².